The van der Waals surface area contributed by atoms with Crippen LogP contribution in [0.25, 0.3) is 0 Å². The van der Waals surface area contributed by atoms with Crippen molar-refractivity contribution in [1.29, 1.82) is 0 Å². The molecule has 146 valence electrons. The second-order valence-electron chi connectivity index (χ2n) is 5.95. The van der Waals surface area contributed by atoms with Crippen LogP contribution in [0.5, 0.6) is 17.2 Å². The lowest BCUT2D eigenvalue weighted by Crippen LogP contribution is -2.40. The number of nitrogens with zero attached hydrogens (tertiary/aromatic N) is 1. The van der Waals surface area contributed by atoms with Gasteiger partial charge in [-0.25, -0.2) is 8.42 Å². The lowest BCUT2D eigenvalue weighted by molar-refractivity contribution is 0.0730. The van der Waals surface area contributed by atoms with Gasteiger partial charge in [0.2, 0.25) is 10.0 Å². The van der Waals surface area contributed by atoms with Crippen LogP contribution < -0.4 is 14.2 Å². The van der Waals surface area contributed by atoms with Gasteiger partial charge >= 0.3 is 0 Å². The first-order valence-corrected chi connectivity index (χ1v) is 10.0. The zero-order valence-corrected chi connectivity index (χ0v) is 16.2. The average Bonchev–Trinajstić information content (AvgIpc) is 2.73. The molecule has 0 radical (unpaired) electrons. The molecule has 2 aromatic rings. The number of ether oxygens (including phenoxy) is 4. The maximum Gasteiger partial charge on any atom is 0.243 e. The monoisotopic (exact) mass is 393 g/mol. The Kier molecular flexibility index (Phi) is 6.20. The number of sulfonamides is 1. The summed E-state index contributed by atoms with van der Waals surface area (Å²) in [5, 5.41) is 0. The van der Waals surface area contributed by atoms with Crippen LogP contribution in [0.15, 0.2) is 47.4 Å². The lowest BCUT2D eigenvalue weighted by atomic mass is 10.2. The molecule has 27 heavy (non-hydrogen) atoms. The zero-order chi connectivity index (χ0) is 19.3. The highest BCUT2D eigenvalue weighted by Gasteiger charge is 2.26. The predicted octanol–water partition coefficient (Wildman–Crippen LogP) is 2.30. The standard InChI is InChI=1S/C19H23NO6S/c1-23-17-5-8-19(24-2)15(13-17)14-26-16-3-6-18(7-4-16)27(21,22)20-9-11-25-12-10-20/h3-8,13H,9-12,14H2,1-2H3. The summed E-state index contributed by atoms with van der Waals surface area (Å²) < 4.78 is 48.3. The number of hydrogen-bond donors (Lipinski definition) is 0. The molecule has 7 nitrogen and oxygen atoms in total. The highest BCUT2D eigenvalue weighted by Crippen LogP contribution is 2.26. The maximum absolute atomic E-state index is 12.6. The van der Waals surface area contributed by atoms with Crippen LogP contribution in [0.4, 0.5) is 0 Å². The first-order valence-electron chi connectivity index (χ1n) is 8.56. The highest BCUT2D eigenvalue weighted by atomic mass is 32.2. The molecule has 0 saturated carbocycles. The van der Waals surface area contributed by atoms with Crippen molar-refractivity contribution in [3.8, 4) is 17.2 Å². The van der Waals surface area contributed by atoms with Gasteiger partial charge in [0.15, 0.2) is 0 Å². The quantitative estimate of drug-likeness (QED) is 0.719. The highest BCUT2D eigenvalue weighted by molar-refractivity contribution is 7.89. The van der Waals surface area contributed by atoms with E-state index in [1.54, 1.807) is 38.5 Å². The normalized spacial score (nSPS) is 15.3. The number of benzene rings is 2. The van der Waals surface area contributed by atoms with Crippen molar-refractivity contribution in [3.63, 3.8) is 0 Å². The van der Waals surface area contributed by atoms with Gasteiger partial charge in [-0.3, -0.25) is 0 Å². The molecule has 1 saturated heterocycles. The van der Waals surface area contributed by atoms with E-state index in [0.29, 0.717) is 43.6 Å². The van der Waals surface area contributed by atoms with Crippen LogP contribution in [0.3, 0.4) is 0 Å². The lowest BCUT2D eigenvalue weighted by Gasteiger charge is -2.26. The molecular weight excluding hydrogens is 370 g/mol. The average molecular weight is 393 g/mol. The summed E-state index contributed by atoms with van der Waals surface area (Å²) >= 11 is 0. The van der Waals surface area contributed by atoms with E-state index in [4.69, 9.17) is 18.9 Å². The minimum Gasteiger partial charge on any atom is -0.497 e. The Balaban J connectivity index is 1.69. The molecule has 0 aromatic heterocycles. The van der Waals surface area contributed by atoms with Gasteiger partial charge in [0.25, 0.3) is 0 Å². The SMILES string of the molecule is COc1ccc(OC)c(COc2ccc(S(=O)(=O)N3CCOCC3)cc2)c1. The van der Waals surface area contributed by atoms with E-state index in [1.165, 1.54) is 4.31 Å². The molecule has 0 spiro atoms. The van der Waals surface area contributed by atoms with Crippen molar-refractivity contribution in [2.75, 3.05) is 40.5 Å². The molecule has 0 N–H and O–H groups in total. The van der Waals surface area contributed by atoms with E-state index in [1.807, 2.05) is 18.2 Å². The Hall–Kier alpha value is -2.29. The topological polar surface area (TPSA) is 74.3 Å². The summed E-state index contributed by atoms with van der Waals surface area (Å²) in [6, 6.07) is 11.9. The van der Waals surface area contributed by atoms with E-state index >= 15 is 0 Å². The Labute approximate surface area is 159 Å². The first kappa shape index (κ1) is 19.5. The summed E-state index contributed by atoms with van der Waals surface area (Å²) in [7, 11) is -0.313. The van der Waals surface area contributed by atoms with E-state index in [2.05, 4.69) is 0 Å². The third kappa shape index (κ3) is 4.52. The van der Waals surface area contributed by atoms with E-state index in [0.717, 1.165) is 5.56 Å². The third-order valence-electron chi connectivity index (χ3n) is 4.31. The molecule has 3 rings (SSSR count). The second-order valence-corrected chi connectivity index (χ2v) is 7.89. The molecule has 0 bridgehead atoms. The van der Waals surface area contributed by atoms with Gasteiger partial charge in [-0.1, -0.05) is 0 Å². The zero-order valence-electron chi connectivity index (χ0n) is 15.4. The molecule has 1 aliphatic heterocycles. The summed E-state index contributed by atoms with van der Waals surface area (Å²) in [5.74, 6) is 1.98. The Bertz CT molecular complexity index is 860. The number of morpholine rings is 1. The van der Waals surface area contributed by atoms with E-state index in [9.17, 15) is 8.42 Å². The van der Waals surface area contributed by atoms with Gasteiger partial charge in [0.05, 0.1) is 32.3 Å². The first-order chi connectivity index (χ1) is 13.0. The summed E-state index contributed by atoms with van der Waals surface area (Å²) in [6.45, 7) is 1.86. The molecular formula is C19H23NO6S. The largest absolute Gasteiger partial charge is 0.497 e. The Morgan fingerprint density at radius 1 is 0.963 bits per heavy atom. The Morgan fingerprint density at radius 3 is 2.26 bits per heavy atom. The molecule has 2 aromatic carbocycles. The summed E-state index contributed by atoms with van der Waals surface area (Å²) in [4.78, 5) is 0.246. The smallest absolute Gasteiger partial charge is 0.243 e. The summed E-state index contributed by atoms with van der Waals surface area (Å²) in [6.07, 6.45) is 0. The van der Waals surface area contributed by atoms with Gasteiger partial charge < -0.3 is 18.9 Å². The van der Waals surface area contributed by atoms with Crippen LogP contribution in [0, 0.1) is 0 Å². The fourth-order valence-corrected chi connectivity index (χ4v) is 4.21. The number of rotatable bonds is 7. The van der Waals surface area contributed by atoms with Crippen molar-refractivity contribution >= 4 is 10.0 Å². The fourth-order valence-electron chi connectivity index (χ4n) is 2.80. The van der Waals surface area contributed by atoms with E-state index < -0.39 is 10.0 Å². The van der Waals surface area contributed by atoms with Crippen LogP contribution in [0.1, 0.15) is 5.56 Å². The molecule has 1 aliphatic rings. The van der Waals surface area contributed by atoms with Gasteiger partial charge in [0.1, 0.15) is 23.9 Å². The van der Waals surface area contributed by atoms with Crippen molar-refractivity contribution in [2.24, 2.45) is 0 Å². The molecule has 0 unspecified atom stereocenters. The molecule has 0 amide bonds. The van der Waals surface area contributed by atoms with Crippen LogP contribution in [-0.4, -0.2) is 53.2 Å². The van der Waals surface area contributed by atoms with Crippen molar-refractivity contribution in [3.05, 3.63) is 48.0 Å². The minimum atomic E-state index is -3.50. The minimum absolute atomic E-state index is 0.246. The van der Waals surface area contributed by atoms with Crippen LogP contribution in [-0.2, 0) is 21.4 Å². The van der Waals surface area contributed by atoms with Crippen LogP contribution in [0.2, 0.25) is 0 Å². The van der Waals surface area contributed by atoms with Crippen molar-refractivity contribution in [1.82, 2.24) is 4.31 Å². The number of methoxy groups -OCH3 is 2. The van der Waals surface area contributed by atoms with Gasteiger partial charge in [-0.05, 0) is 42.5 Å². The molecule has 8 heteroatoms. The summed E-state index contributed by atoms with van der Waals surface area (Å²) in [5.41, 5.74) is 0.835. The molecule has 1 heterocycles. The third-order valence-corrected chi connectivity index (χ3v) is 6.23. The maximum atomic E-state index is 12.6. The van der Waals surface area contributed by atoms with Crippen LogP contribution >= 0.6 is 0 Å². The number of hydrogen-bond acceptors (Lipinski definition) is 6. The van der Waals surface area contributed by atoms with Gasteiger partial charge in [0, 0.05) is 18.7 Å². The fraction of sp³-hybridized carbons (Fsp3) is 0.368. The van der Waals surface area contributed by atoms with Gasteiger partial charge in [-0.15, -0.1) is 0 Å². The van der Waals surface area contributed by atoms with Crippen molar-refractivity contribution < 1.29 is 27.4 Å². The van der Waals surface area contributed by atoms with Gasteiger partial charge in [-0.2, -0.15) is 4.31 Å². The predicted molar refractivity (Wildman–Crippen MR) is 99.9 cm³/mol. The second kappa shape index (κ2) is 8.60. The Morgan fingerprint density at radius 2 is 1.63 bits per heavy atom. The molecule has 1 fully saturated rings. The van der Waals surface area contributed by atoms with Crippen molar-refractivity contribution in [2.45, 2.75) is 11.5 Å². The molecule has 0 atom stereocenters. The molecule has 0 aliphatic carbocycles. The van der Waals surface area contributed by atoms with E-state index in [-0.39, 0.29) is 11.5 Å².